The summed E-state index contributed by atoms with van der Waals surface area (Å²) in [4.78, 5) is 36.2. The Balaban J connectivity index is 1.36. The molecule has 180 valence electrons. The highest BCUT2D eigenvalue weighted by Gasteiger charge is 2.31. The van der Waals surface area contributed by atoms with Gasteiger partial charge in [-0.25, -0.2) is 17.9 Å². The molecule has 2 aromatic rings. The van der Waals surface area contributed by atoms with Crippen molar-refractivity contribution in [1.82, 2.24) is 15.4 Å². The van der Waals surface area contributed by atoms with Gasteiger partial charge in [-0.15, -0.1) is 0 Å². The minimum Gasteiger partial charge on any atom is -0.481 e. The maximum Gasteiger partial charge on any atom is 0.407 e. The number of rotatable bonds is 8. The summed E-state index contributed by atoms with van der Waals surface area (Å²) in [6, 6.07) is 13.8. The summed E-state index contributed by atoms with van der Waals surface area (Å²) < 4.78 is 30.7. The van der Waals surface area contributed by atoms with Crippen LogP contribution < -0.4 is 15.4 Å². The monoisotopic (exact) mass is 487 g/mol. The van der Waals surface area contributed by atoms with Gasteiger partial charge >= 0.3 is 12.1 Å². The number of nitrogens with one attached hydrogen (secondary N) is 3. The van der Waals surface area contributed by atoms with Crippen molar-refractivity contribution in [3.63, 3.8) is 0 Å². The number of carbonyl (C=O) groups is 3. The number of aliphatic carboxylic acids is 1. The van der Waals surface area contributed by atoms with Crippen LogP contribution in [0.2, 0.25) is 0 Å². The van der Waals surface area contributed by atoms with E-state index >= 15 is 0 Å². The highest BCUT2D eigenvalue weighted by atomic mass is 32.2. The number of carboxylic acid groups (broad SMARTS) is 1. The molecule has 1 aliphatic heterocycles. The fraction of sp³-hybridized carbons (Fsp3) is 0.348. The molecule has 2 atom stereocenters. The van der Waals surface area contributed by atoms with E-state index in [-0.39, 0.29) is 24.8 Å². The molecule has 4 rings (SSSR count). The largest absolute Gasteiger partial charge is 0.481 e. The van der Waals surface area contributed by atoms with E-state index in [2.05, 4.69) is 15.4 Å². The Morgan fingerprint density at radius 2 is 1.68 bits per heavy atom. The molecule has 4 N–H and O–H groups in total. The van der Waals surface area contributed by atoms with Crippen molar-refractivity contribution in [3.8, 4) is 11.1 Å². The molecule has 2 amide bonds. The van der Waals surface area contributed by atoms with E-state index < -0.39 is 46.5 Å². The molecule has 1 fully saturated rings. The molecule has 34 heavy (non-hydrogen) atoms. The number of sulfonamides is 1. The van der Waals surface area contributed by atoms with Crippen LogP contribution in [0.3, 0.4) is 0 Å². The summed E-state index contributed by atoms with van der Waals surface area (Å²) in [6.45, 7) is 0.00563. The first-order valence-electron chi connectivity index (χ1n) is 10.8. The van der Waals surface area contributed by atoms with E-state index in [0.29, 0.717) is 6.42 Å². The first-order chi connectivity index (χ1) is 16.2. The van der Waals surface area contributed by atoms with Crippen molar-refractivity contribution in [1.29, 1.82) is 0 Å². The Hall–Kier alpha value is -3.44. The highest BCUT2D eigenvalue weighted by molar-refractivity contribution is 7.89. The van der Waals surface area contributed by atoms with Gasteiger partial charge in [-0.2, -0.15) is 0 Å². The van der Waals surface area contributed by atoms with Crippen LogP contribution in [0.5, 0.6) is 0 Å². The molecule has 2 unspecified atom stereocenters. The predicted octanol–water partition coefficient (Wildman–Crippen LogP) is 1.18. The molecule has 0 spiro atoms. The highest BCUT2D eigenvalue weighted by Crippen LogP contribution is 2.44. The molecule has 0 bridgehead atoms. The Morgan fingerprint density at radius 3 is 2.24 bits per heavy atom. The normalized spacial score (nSPS) is 19.0. The zero-order chi connectivity index (χ0) is 24.3. The van der Waals surface area contributed by atoms with Gasteiger partial charge in [0.2, 0.25) is 15.9 Å². The van der Waals surface area contributed by atoms with E-state index in [0.717, 1.165) is 22.3 Å². The summed E-state index contributed by atoms with van der Waals surface area (Å²) in [5.74, 6) is -2.23. The molecular formula is C23H25N3O7S. The SMILES string of the molecule is O=C(O)CC(NC(=O)OCC1c2ccccc2-c2ccccc21)C(=O)NCC1CCS(=O)(=O)N1. The van der Waals surface area contributed by atoms with Crippen molar-refractivity contribution < 1.29 is 32.6 Å². The van der Waals surface area contributed by atoms with Crippen molar-refractivity contribution in [2.45, 2.75) is 30.8 Å². The van der Waals surface area contributed by atoms with Crippen LogP contribution in [0.4, 0.5) is 4.79 Å². The third kappa shape index (κ3) is 5.37. The molecule has 1 heterocycles. The van der Waals surface area contributed by atoms with E-state index in [1.165, 1.54) is 0 Å². The Kier molecular flexibility index (Phi) is 6.85. The minimum absolute atomic E-state index is 0.0133. The van der Waals surface area contributed by atoms with Gasteiger partial charge in [0.05, 0.1) is 12.2 Å². The smallest absolute Gasteiger partial charge is 0.407 e. The lowest BCUT2D eigenvalue weighted by atomic mass is 9.98. The van der Waals surface area contributed by atoms with Crippen molar-refractivity contribution in [2.24, 2.45) is 0 Å². The Bertz CT molecular complexity index is 1170. The fourth-order valence-electron chi connectivity index (χ4n) is 4.33. The quantitative estimate of drug-likeness (QED) is 0.436. The van der Waals surface area contributed by atoms with Gasteiger partial charge in [0, 0.05) is 18.5 Å². The lowest BCUT2D eigenvalue weighted by Crippen LogP contribution is -2.50. The van der Waals surface area contributed by atoms with Crippen LogP contribution in [0, 0.1) is 0 Å². The first kappa shape index (κ1) is 23.7. The summed E-state index contributed by atoms with van der Waals surface area (Å²) in [6.07, 6.45) is -1.23. The second-order valence-electron chi connectivity index (χ2n) is 8.29. The number of benzene rings is 2. The van der Waals surface area contributed by atoms with E-state index in [1.54, 1.807) is 0 Å². The maximum atomic E-state index is 12.5. The van der Waals surface area contributed by atoms with Crippen LogP contribution in [0.25, 0.3) is 11.1 Å². The average Bonchev–Trinajstić information content (AvgIpc) is 3.32. The number of carbonyl (C=O) groups excluding carboxylic acids is 2. The zero-order valence-electron chi connectivity index (χ0n) is 18.2. The number of carboxylic acids is 1. The topological polar surface area (TPSA) is 151 Å². The second kappa shape index (κ2) is 9.82. The molecule has 11 heteroatoms. The van der Waals surface area contributed by atoms with Crippen molar-refractivity contribution in [2.75, 3.05) is 18.9 Å². The molecule has 10 nitrogen and oxygen atoms in total. The standard InChI is InChI=1S/C23H25N3O7S/c27-21(28)11-20(22(29)24-12-14-9-10-34(31,32)26-14)25-23(30)33-13-19-17-7-3-1-5-15(17)16-6-2-4-8-18(16)19/h1-8,14,19-20,26H,9-13H2,(H,24,29)(H,25,30)(H,27,28). The second-order valence-corrected chi connectivity index (χ2v) is 10.2. The van der Waals surface area contributed by atoms with Gasteiger partial charge in [-0.1, -0.05) is 48.5 Å². The number of hydrogen-bond donors (Lipinski definition) is 4. The molecule has 2 aliphatic rings. The van der Waals surface area contributed by atoms with Gasteiger partial charge in [-0.3, -0.25) is 9.59 Å². The van der Waals surface area contributed by atoms with Gasteiger partial charge in [0.15, 0.2) is 0 Å². The van der Waals surface area contributed by atoms with Crippen LogP contribution in [-0.4, -0.2) is 62.5 Å². The van der Waals surface area contributed by atoms with Gasteiger partial charge in [0.25, 0.3) is 0 Å². The molecule has 0 aromatic heterocycles. The summed E-state index contributed by atoms with van der Waals surface area (Å²) in [7, 11) is -3.34. The van der Waals surface area contributed by atoms with Crippen LogP contribution in [-0.2, 0) is 24.3 Å². The first-order valence-corrected chi connectivity index (χ1v) is 12.5. The van der Waals surface area contributed by atoms with Crippen molar-refractivity contribution in [3.05, 3.63) is 59.7 Å². The Labute approximate surface area is 196 Å². The molecule has 0 saturated carbocycles. The van der Waals surface area contributed by atoms with E-state index in [1.807, 2.05) is 48.5 Å². The molecule has 1 saturated heterocycles. The number of ether oxygens (including phenoxy) is 1. The molecular weight excluding hydrogens is 462 g/mol. The van der Waals surface area contributed by atoms with Gasteiger partial charge in [-0.05, 0) is 28.7 Å². The maximum absolute atomic E-state index is 12.5. The van der Waals surface area contributed by atoms with E-state index in [4.69, 9.17) is 9.84 Å². The number of alkyl carbamates (subject to hydrolysis) is 1. The van der Waals surface area contributed by atoms with Crippen LogP contribution in [0.1, 0.15) is 29.9 Å². The summed E-state index contributed by atoms with van der Waals surface area (Å²) >= 11 is 0. The van der Waals surface area contributed by atoms with E-state index in [9.17, 15) is 22.8 Å². The average molecular weight is 488 g/mol. The van der Waals surface area contributed by atoms with Crippen LogP contribution >= 0.6 is 0 Å². The molecule has 1 aliphatic carbocycles. The summed E-state index contributed by atoms with van der Waals surface area (Å²) in [5.41, 5.74) is 4.18. The number of amides is 2. The third-order valence-electron chi connectivity index (χ3n) is 5.93. The van der Waals surface area contributed by atoms with Crippen molar-refractivity contribution >= 4 is 28.0 Å². The zero-order valence-corrected chi connectivity index (χ0v) is 19.0. The summed E-state index contributed by atoms with van der Waals surface area (Å²) in [5, 5.41) is 14.0. The lowest BCUT2D eigenvalue weighted by Gasteiger charge is -2.19. The van der Waals surface area contributed by atoms with Crippen LogP contribution in [0.15, 0.2) is 48.5 Å². The molecule has 2 aromatic carbocycles. The predicted molar refractivity (Wildman–Crippen MR) is 123 cm³/mol. The Morgan fingerprint density at radius 1 is 1.06 bits per heavy atom. The molecule has 0 radical (unpaired) electrons. The minimum atomic E-state index is -3.34. The number of fused-ring (bicyclic) bond motifs is 3. The van der Waals surface area contributed by atoms with Gasteiger partial charge < -0.3 is 20.5 Å². The fourth-order valence-corrected chi connectivity index (χ4v) is 5.75. The number of hydrogen-bond acceptors (Lipinski definition) is 6. The lowest BCUT2D eigenvalue weighted by molar-refractivity contribution is -0.139. The third-order valence-corrected chi connectivity index (χ3v) is 7.40. The van der Waals surface area contributed by atoms with Gasteiger partial charge in [0.1, 0.15) is 12.6 Å².